The summed E-state index contributed by atoms with van der Waals surface area (Å²) in [7, 11) is -2.21. The molecule has 2 aliphatic rings. The topological polar surface area (TPSA) is 121 Å². The maximum absolute atomic E-state index is 14.1. The Kier molecular flexibility index (Phi) is 9.04. The molecule has 248 valence electrons. The van der Waals surface area contributed by atoms with Gasteiger partial charge in [-0.15, -0.1) is 0 Å². The molecule has 1 saturated heterocycles. The van der Waals surface area contributed by atoms with E-state index >= 15 is 0 Å². The van der Waals surface area contributed by atoms with Crippen molar-refractivity contribution in [2.45, 2.75) is 75.9 Å². The Morgan fingerprint density at radius 1 is 1.06 bits per heavy atom. The largest absolute Gasteiger partial charge is 0.389 e. The van der Waals surface area contributed by atoms with Crippen molar-refractivity contribution >= 4 is 38.3 Å². The highest BCUT2D eigenvalue weighted by Crippen LogP contribution is 2.40. The number of carbonyl (C=O) groups excluding carboxylic acids is 2. The number of Topliss-reactive ketones (excluding diaryl/α,β-unsaturated/α-hetero) is 1. The molecule has 6 rings (SSSR count). The van der Waals surface area contributed by atoms with Crippen LogP contribution in [-0.2, 0) is 40.6 Å². The zero-order valence-corrected chi connectivity index (χ0v) is 28.3. The van der Waals surface area contributed by atoms with Gasteiger partial charge in [0, 0.05) is 37.2 Å². The maximum Gasteiger partial charge on any atom is 0.251 e. The summed E-state index contributed by atoms with van der Waals surface area (Å²) in [6.45, 7) is 6.33. The number of aryl methyl sites for hydroxylation is 1. The lowest BCUT2D eigenvalue weighted by Crippen LogP contribution is -2.60. The third-order valence-electron chi connectivity index (χ3n) is 9.83. The monoisotopic (exact) mass is 656 g/mol. The second-order valence-electron chi connectivity index (χ2n) is 13.6. The van der Waals surface area contributed by atoms with Crippen LogP contribution in [-0.4, -0.2) is 66.3 Å². The van der Waals surface area contributed by atoms with Crippen LogP contribution < -0.4 is 14.9 Å². The van der Waals surface area contributed by atoms with Crippen LogP contribution in [0.5, 0.6) is 0 Å². The molecular weight excluding hydrogens is 612 g/mol. The van der Waals surface area contributed by atoms with Crippen molar-refractivity contribution in [1.29, 1.82) is 0 Å². The van der Waals surface area contributed by atoms with Crippen LogP contribution in [0.1, 0.15) is 54.2 Å². The summed E-state index contributed by atoms with van der Waals surface area (Å²) in [5, 5.41) is 18.9. The minimum absolute atomic E-state index is 0.0811. The number of sulfonamides is 1. The Labute approximate surface area is 277 Å². The average Bonchev–Trinajstić information content (AvgIpc) is 3.38. The third-order valence-corrected chi connectivity index (χ3v) is 12.3. The Morgan fingerprint density at radius 2 is 1.72 bits per heavy atom. The number of aliphatic hydroxyl groups is 1. The van der Waals surface area contributed by atoms with Crippen LogP contribution in [0.2, 0.25) is 0 Å². The number of hydrogen-bond acceptors (Lipinski definition) is 6. The summed E-state index contributed by atoms with van der Waals surface area (Å²) in [6.07, 6.45) is 2.91. The number of piperidine rings is 1. The zero-order chi connectivity index (χ0) is 33.5. The number of aromatic nitrogens is 1. The van der Waals surface area contributed by atoms with Gasteiger partial charge in [0.2, 0.25) is 10.0 Å². The van der Waals surface area contributed by atoms with Gasteiger partial charge in [-0.05, 0) is 74.4 Å². The highest BCUT2D eigenvalue weighted by Gasteiger charge is 2.43. The minimum Gasteiger partial charge on any atom is -0.389 e. The summed E-state index contributed by atoms with van der Waals surface area (Å²) in [4.78, 5) is 27.5. The molecule has 1 fully saturated rings. The van der Waals surface area contributed by atoms with Gasteiger partial charge in [0.25, 0.3) is 5.91 Å². The van der Waals surface area contributed by atoms with Crippen LogP contribution in [0.3, 0.4) is 0 Å². The first-order valence-electron chi connectivity index (χ1n) is 16.4. The second-order valence-corrected chi connectivity index (χ2v) is 16.2. The van der Waals surface area contributed by atoms with E-state index in [1.54, 1.807) is 19.9 Å². The molecule has 47 heavy (non-hydrogen) atoms. The Morgan fingerprint density at radius 3 is 2.36 bits per heavy atom. The standard InChI is InChI=1S/C37H44N4O5S/c1-5-27-22-41-23-37(2,3)47(45,46)40(4)31-20-28(19-29(27)34(31)41)36(44)39-30(17-25-14-10-7-11-15-25)35(43)33-32(42)18-26(21-38-33)16-24-12-8-6-9-13-24/h6-15,19-20,22,26,30,33,35,38,43H,5,16-18,21,23H2,1-4H3,(H,39,44)/t26-,30-,33+,35-/m0/s1. The number of nitrogens with one attached hydrogen (secondary N) is 2. The maximum atomic E-state index is 14.1. The lowest BCUT2D eigenvalue weighted by Gasteiger charge is -2.35. The summed E-state index contributed by atoms with van der Waals surface area (Å²) in [5.41, 5.74) is 4.59. The Hall–Kier alpha value is -3.99. The van der Waals surface area contributed by atoms with Crippen molar-refractivity contribution in [3.8, 4) is 0 Å². The summed E-state index contributed by atoms with van der Waals surface area (Å²) in [5.74, 6) is -0.415. The average molecular weight is 657 g/mol. The van der Waals surface area contributed by atoms with E-state index in [-0.39, 0.29) is 23.8 Å². The summed E-state index contributed by atoms with van der Waals surface area (Å²) in [6, 6.07) is 21.4. The molecule has 3 heterocycles. The van der Waals surface area contributed by atoms with E-state index in [1.807, 2.05) is 72.3 Å². The molecule has 9 nitrogen and oxygen atoms in total. The van der Waals surface area contributed by atoms with E-state index in [4.69, 9.17) is 0 Å². The van der Waals surface area contributed by atoms with E-state index in [2.05, 4.69) is 22.8 Å². The van der Waals surface area contributed by atoms with Gasteiger partial charge in [0.1, 0.15) is 4.75 Å². The molecule has 1 aromatic heterocycles. The van der Waals surface area contributed by atoms with E-state index in [0.29, 0.717) is 31.5 Å². The highest BCUT2D eigenvalue weighted by atomic mass is 32.2. The first-order valence-corrected chi connectivity index (χ1v) is 17.8. The number of amides is 1. The lowest BCUT2D eigenvalue weighted by molar-refractivity contribution is -0.127. The SMILES string of the molecule is CCc1cn2c3c(cc(C(=O)N[C@@H](Cc4ccccc4)[C@H](O)[C@@H]4NC[C@@H](Cc5ccccc5)CC4=O)cc13)N(C)S(=O)(=O)C(C)(C)C2. The van der Waals surface area contributed by atoms with Gasteiger partial charge >= 0.3 is 0 Å². The molecule has 0 bridgehead atoms. The smallest absolute Gasteiger partial charge is 0.251 e. The molecule has 3 N–H and O–H groups in total. The first-order chi connectivity index (χ1) is 22.4. The van der Waals surface area contributed by atoms with Gasteiger partial charge in [-0.3, -0.25) is 13.9 Å². The number of anilines is 1. The zero-order valence-electron chi connectivity index (χ0n) is 27.4. The highest BCUT2D eigenvalue weighted by molar-refractivity contribution is 7.94. The van der Waals surface area contributed by atoms with Crippen LogP contribution in [0, 0.1) is 5.92 Å². The van der Waals surface area contributed by atoms with Crippen molar-refractivity contribution in [3.05, 3.63) is 101 Å². The van der Waals surface area contributed by atoms with Crippen molar-refractivity contribution < 1.29 is 23.1 Å². The molecule has 4 atom stereocenters. The van der Waals surface area contributed by atoms with E-state index in [0.717, 1.165) is 34.0 Å². The molecule has 4 aromatic rings. The van der Waals surface area contributed by atoms with Crippen LogP contribution in [0.25, 0.3) is 10.9 Å². The van der Waals surface area contributed by atoms with Crippen molar-refractivity contribution in [3.63, 3.8) is 0 Å². The number of nitrogens with zero attached hydrogens (tertiary/aromatic N) is 2. The molecule has 1 amide bonds. The summed E-state index contributed by atoms with van der Waals surface area (Å²) < 4.78 is 29.5. The number of benzene rings is 3. The van der Waals surface area contributed by atoms with E-state index in [9.17, 15) is 23.1 Å². The molecule has 0 aliphatic carbocycles. The fourth-order valence-electron chi connectivity index (χ4n) is 7.16. The quantitative estimate of drug-likeness (QED) is 0.248. The van der Waals surface area contributed by atoms with E-state index in [1.165, 1.54) is 11.4 Å². The van der Waals surface area contributed by atoms with Crippen molar-refractivity contribution in [2.75, 3.05) is 17.9 Å². The molecule has 2 aliphatic heterocycles. The van der Waals surface area contributed by atoms with Gasteiger partial charge in [-0.25, -0.2) is 8.42 Å². The second kappa shape index (κ2) is 12.9. The van der Waals surface area contributed by atoms with Gasteiger partial charge in [-0.1, -0.05) is 67.6 Å². The number of aliphatic hydroxyl groups excluding tert-OH is 1. The van der Waals surface area contributed by atoms with Crippen molar-refractivity contribution in [2.24, 2.45) is 5.92 Å². The summed E-state index contributed by atoms with van der Waals surface area (Å²) >= 11 is 0. The van der Waals surface area contributed by atoms with Crippen LogP contribution in [0.15, 0.2) is 79.0 Å². The number of carbonyl (C=O) groups is 2. The lowest BCUT2D eigenvalue weighted by atomic mass is 9.84. The molecule has 3 aromatic carbocycles. The molecule has 0 saturated carbocycles. The molecular formula is C37H44N4O5S. The van der Waals surface area contributed by atoms with Gasteiger partial charge in [-0.2, -0.15) is 0 Å². The number of rotatable bonds is 9. The van der Waals surface area contributed by atoms with Gasteiger partial charge < -0.3 is 20.3 Å². The first kappa shape index (κ1) is 32.9. The number of ketones is 1. The molecule has 0 spiro atoms. The van der Waals surface area contributed by atoms with Gasteiger partial charge in [0.05, 0.1) is 29.4 Å². The normalized spacial score (nSPS) is 21.6. The Balaban J connectivity index is 1.29. The predicted molar refractivity (Wildman–Crippen MR) is 185 cm³/mol. The van der Waals surface area contributed by atoms with Gasteiger partial charge in [0.15, 0.2) is 5.78 Å². The number of hydrogen-bond donors (Lipinski definition) is 3. The van der Waals surface area contributed by atoms with Crippen LogP contribution >= 0.6 is 0 Å². The van der Waals surface area contributed by atoms with Crippen LogP contribution in [0.4, 0.5) is 5.69 Å². The fraction of sp³-hybridized carbons (Fsp3) is 0.405. The van der Waals surface area contributed by atoms with Crippen molar-refractivity contribution in [1.82, 2.24) is 15.2 Å². The third kappa shape index (κ3) is 6.34. The molecule has 0 unspecified atom stereocenters. The molecule has 0 radical (unpaired) electrons. The van der Waals surface area contributed by atoms with E-state index < -0.39 is 38.9 Å². The molecule has 10 heteroatoms. The predicted octanol–water partition coefficient (Wildman–Crippen LogP) is 4.25. The Bertz CT molecular complexity index is 1890. The fourth-order valence-corrected chi connectivity index (χ4v) is 8.60. The minimum atomic E-state index is -3.75.